The molecule has 8 heteroatoms. The Balaban J connectivity index is 2.60. The fraction of sp³-hybridized carbons (Fsp3) is 0.600. The van der Waals surface area contributed by atoms with E-state index in [2.05, 4.69) is 15.5 Å². The van der Waals surface area contributed by atoms with Gasteiger partial charge in [0.1, 0.15) is 6.54 Å². The summed E-state index contributed by atoms with van der Waals surface area (Å²) < 4.78 is 5.98. The molecule has 72 valence electrons. The van der Waals surface area contributed by atoms with Crippen LogP contribution in [-0.2, 0) is 16.1 Å². The molecule has 1 rings (SSSR count). The quantitative estimate of drug-likeness (QED) is 0.508. The van der Waals surface area contributed by atoms with Crippen molar-refractivity contribution in [3.05, 3.63) is 0 Å². The number of aliphatic carboxylic acids is 1. The molecule has 1 heterocycles. The minimum Gasteiger partial charge on any atom is -0.480 e. The Kier molecular flexibility index (Phi) is 3.65. The van der Waals surface area contributed by atoms with Gasteiger partial charge in [0.2, 0.25) is 5.16 Å². The first-order valence-electron chi connectivity index (χ1n) is 3.33. The highest BCUT2D eigenvalue weighted by Crippen LogP contribution is 2.12. The number of carbonyl (C=O) groups is 1. The Hall–Kier alpha value is -1.15. The second kappa shape index (κ2) is 4.77. The topological polar surface area (TPSA) is 90.1 Å². The van der Waals surface area contributed by atoms with E-state index in [0.717, 1.165) is 0 Å². The second-order valence-electron chi connectivity index (χ2n) is 2.06. The number of methoxy groups -OCH3 is 1. The minimum atomic E-state index is -0.980. The molecule has 13 heavy (non-hydrogen) atoms. The number of rotatable bonds is 5. The molecule has 0 aliphatic carbocycles. The Bertz CT molecular complexity index is 289. The van der Waals surface area contributed by atoms with Crippen molar-refractivity contribution < 1.29 is 14.6 Å². The van der Waals surface area contributed by atoms with Crippen LogP contribution in [0.5, 0.6) is 0 Å². The van der Waals surface area contributed by atoms with Gasteiger partial charge in [-0.25, -0.2) is 4.68 Å². The minimum absolute atomic E-state index is 0.237. The first kappa shape index (κ1) is 9.93. The Morgan fingerprint density at radius 2 is 2.54 bits per heavy atom. The number of thioether (sulfide) groups is 1. The third-order valence-corrected chi connectivity index (χ3v) is 1.99. The van der Waals surface area contributed by atoms with Gasteiger partial charge in [-0.2, -0.15) is 0 Å². The van der Waals surface area contributed by atoms with Gasteiger partial charge in [-0.1, -0.05) is 11.8 Å². The van der Waals surface area contributed by atoms with Gasteiger partial charge in [0.05, 0.1) is 5.94 Å². The number of aromatic nitrogens is 4. The smallest absolute Gasteiger partial charge is 0.325 e. The molecule has 0 saturated heterocycles. The van der Waals surface area contributed by atoms with E-state index in [1.165, 1.54) is 16.4 Å². The third kappa shape index (κ3) is 2.99. The highest BCUT2D eigenvalue weighted by Gasteiger charge is 2.08. The zero-order valence-electron chi connectivity index (χ0n) is 6.88. The Labute approximate surface area is 78.1 Å². The monoisotopic (exact) mass is 204 g/mol. The van der Waals surface area contributed by atoms with Crippen LogP contribution in [0.2, 0.25) is 0 Å². The van der Waals surface area contributed by atoms with Crippen LogP contribution < -0.4 is 0 Å². The summed E-state index contributed by atoms with van der Waals surface area (Å²) in [6.45, 7) is -0.237. The average Bonchev–Trinajstić information content (AvgIpc) is 2.48. The van der Waals surface area contributed by atoms with E-state index in [-0.39, 0.29) is 6.54 Å². The maximum atomic E-state index is 10.3. The summed E-state index contributed by atoms with van der Waals surface area (Å²) in [6, 6.07) is 0. The summed E-state index contributed by atoms with van der Waals surface area (Å²) in [5.74, 6) is -0.591. The molecule has 7 nitrogen and oxygen atoms in total. The SMILES string of the molecule is COCSc1nnnn1CC(=O)O. The van der Waals surface area contributed by atoms with Crippen molar-refractivity contribution in [3.63, 3.8) is 0 Å². The fourth-order valence-corrected chi connectivity index (χ4v) is 1.21. The number of ether oxygens (including phenoxy) is 1. The Morgan fingerprint density at radius 3 is 3.15 bits per heavy atom. The Morgan fingerprint density at radius 1 is 1.77 bits per heavy atom. The zero-order valence-corrected chi connectivity index (χ0v) is 7.69. The van der Waals surface area contributed by atoms with Crippen LogP contribution in [0.15, 0.2) is 5.16 Å². The van der Waals surface area contributed by atoms with Crippen LogP contribution in [0.25, 0.3) is 0 Å². The lowest BCUT2D eigenvalue weighted by Crippen LogP contribution is -2.11. The molecule has 0 aliphatic rings. The zero-order chi connectivity index (χ0) is 9.68. The number of hydrogen-bond acceptors (Lipinski definition) is 6. The maximum absolute atomic E-state index is 10.3. The number of carboxylic acid groups (broad SMARTS) is 1. The molecule has 1 aromatic heterocycles. The molecule has 0 spiro atoms. The summed E-state index contributed by atoms with van der Waals surface area (Å²) in [7, 11) is 1.54. The third-order valence-electron chi connectivity index (χ3n) is 1.09. The highest BCUT2D eigenvalue weighted by atomic mass is 32.2. The molecule has 0 atom stereocenters. The maximum Gasteiger partial charge on any atom is 0.325 e. The number of carboxylic acids is 1. The van der Waals surface area contributed by atoms with E-state index >= 15 is 0 Å². The molecule has 0 saturated carbocycles. The van der Waals surface area contributed by atoms with Gasteiger partial charge in [-0.05, 0) is 10.4 Å². The molecule has 1 N–H and O–H groups in total. The molecule has 1 aromatic rings. The summed E-state index contributed by atoms with van der Waals surface area (Å²) in [4.78, 5) is 10.3. The molecular formula is C5H8N4O3S. The molecule has 0 bridgehead atoms. The van der Waals surface area contributed by atoms with Gasteiger partial charge in [-0.3, -0.25) is 4.79 Å². The van der Waals surface area contributed by atoms with Crippen LogP contribution in [0.4, 0.5) is 0 Å². The molecular weight excluding hydrogens is 196 g/mol. The van der Waals surface area contributed by atoms with Crippen molar-refractivity contribution in [2.45, 2.75) is 11.7 Å². The van der Waals surface area contributed by atoms with Crippen molar-refractivity contribution in [2.75, 3.05) is 13.0 Å². The molecule has 0 radical (unpaired) electrons. The largest absolute Gasteiger partial charge is 0.480 e. The van der Waals surface area contributed by atoms with Crippen LogP contribution in [0, 0.1) is 0 Å². The fourth-order valence-electron chi connectivity index (χ4n) is 0.639. The van der Waals surface area contributed by atoms with E-state index in [4.69, 9.17) is 9.84 Å². The lowest BCUT2D eigenvalue weighted by molar-refractivity contribution is -0.138. The predicted molar refractivity (Wildman–Crippen MR) is 43.2 cm³/mol. The second-order valence-corrected chi connectivity index (χ2v) is 2.95. The van der Waals surface area contributed by atoms with Crippen molar-refractivity contribution in [2.24, 2.45) is 0 Å². The van der Waals surface area contributed by atoms with Crippen LogP contribution in [0.3, 0.4) is 0 Å². The van der Waals surface area contributed by atoms with Crippen LogP contribution in [0.1, 0.15) is 0 Å². The molecule has 0 aliphatic heterocycles. The molecule has 0 amide bonds. The molecule has 0 fully saturated rings. The van der Waals surface area contributed by atoms with E-state index in [1.54, 1.807) is 7.11 Å². The lowest BCUT2D eigenvalue weighted by Gasteiger charge is -1.99. The number of nitrogens with zero attached hydrogens (tertiary/aromatic N) is 4. The van der Waals surface area contributed by atoms with E-state index in [0.29, 0.717) is 11.1 Å². The van der Waals surface area contributed by atoms with Gasteiger partial charge in [-0.15, -0.1) is 5.10 Å². The van der Waals surface area contributed by atoms with Gasteiger partial charge in [0.15, 0.2) is 0 Å². The van der Waals surface area contributed by atoms with Gasteiger partial charge < -0.3 is 9.84 Å². The average molecular weight is 204 g/mol. The van der Waals surface area contributed by atoms with E-state index in [1.807, 2.05) is 0 Å². The first-order chi connectivity index (χ1) is 6.24. The standard InChI is InChI=1S/C5H8N4O3S/c1-12-3-13-5-6-7-8-9(5)2-4(10)11/h2-3H2,1H3,(H,10,11). The van der Waals surface area contributed by atoms with Crippen LogP contribution >= 0.6 is 11.8 Å². The van der Waals surface area contributed by atoms with Crippen LogP contribution in [-0.4, -0.2) is 44.3 Å². The summed E-state index contributed by atoms with van der Waals surface area (Å²) in [5.41, 5.74) is 0. The summed E-state index contributed by atoms with van der Waals surface area (Å²) in [5, 5.41) is 19.4. The van der Waals surface area contributed by atoms with Crippen molar-refractivity contribution in [3.8, 4) is 0 Å². The van der Waals surface area contributed by atoms with Gasteiger partial charge in [0.25, 0.3) is 0 Å². The van der Waals surface area contributed by atoms with Crippen molar-refractivity contribution in [1.82, 2.24) is 20.2 Å². The normalized spacial score (nSPS) is 10.2. The van der Waals surface area contributed by atoms with Gasteiger partial charge >= 0.3 is 5.97 Å². The summed E-state index contributed by atoms with van der Waals surface area (Å²) in [6.07, 6.45) is 0. The van der Waals surface area contributed by atoms with E-state index in [9.17, 15) is 4.79 Å². The first-order valence-corrected chi connectivity index (χ1v) is 4.32. The van der Waals surface area contributed by atoms with Crippen molar-refractivity contribution in [1.29, 1.82) is 0 Å². The van der Waals surface area contributed by atoms with E-state index < -0.39 is 5.97 Å². The number of tetrazole rings is 1. The lowest BCUT2D eigenvalue weighted by atomic mass is 10.7. The molecule has 0 aromatic carbocycles. The highest BCUT2D eigenvalue weighted by molar-refractivity contribution is 7.99. The van der Waals surface area contributed by atoms with Crippen molar-refractivity contribution >= 4 is 17.7 Å². The van der Waals surface area contributed by atoms with Gasteiger partial charge in [0, 0.05) is 7.11 Å². The summed E-state index contributed by atoms with van der Waals surface area (Å²) >= 11 is 1.24. The number of hydrogen-bond donors (Lipinski definition) is 1. The predicted octanol–water partition coefficient (Wildman–Crippen LogP) is -0.546. The molecule has 0 unspecified atom stereocenters.